The maximum atomic E-state index is 10.3. The van der Waals surface area contributed by atoms with E-state index in [1.807, 2.05) is 50.2 Å². The highest BCUT2D eigenvalue weighted by atomic mass is 16.5. The lowest BCUT2D eigenvalue weighted by atomic mass is 10.2. The van der Waals surface area contributed by atoms with Crippen molar-refractivity contribution in [2.24, 2.45) is 0 Å². The molecule has 2 aromatic rings. The third-order valence-corrected chi connectivity index (χ3v) is 3.86. The van der Waals surface area contributed by atoms with E-state index in [1.54, 1.807) is 0 Å². The van der Waals surface area contributed by atoms with Crippen LogP contribution in [0.1, 0.15) is 30.9 Å². The molecule has 4 heteroatoms. The van der Waals surface area contributed by atoms with Crippen LogP contribution in [0.4, 0.5) is 0 Å². The molecule has 0 aliphatic heterocycles. The van der Waals surface area contributed by atoms with Gasteiger partial charge in [-0.1, -0.05) is 18.2 Å². The molecule has 1 aromatic heterocycles. The number of nitrogens with zero attached hydrogens (tertiary/aromatic N) is 1. The molecule has 0 saturated heterocycles. The van der Waals surface area contributed by atoms with Crippen LogP contribution in [0.15, 0.2) is 40.8 Å². The topological polar surface area (TPSA) is 45.8 Å². The molecular weight excluding hydrogens is 290 g/mol. The summed E-state index contributed by atoms with van der Waals surface area (Å²) in [6.07, 6.45) is -0.548. The van der Waals surface area contributed by atoms with Crippen molar-refractivity contribution >= 4 is 0 Å². The number of furan rings is 1. The largest absolute Gasteiger partial charge is 0.491 e. The molecule has 0 aliphatic rings. The van der Waals surface area contributed by atoms with Crippen LogP contribution in [0, 0.1) is 13.8 Å². The third kappa shape index (κ3) is 5.41. The molecule has 2 rings (SSSR count). The molecule has 23 heavy (non-hydrogen) atoms. The van der Waals surface area contributed by atoms with Gasteiger partial charge in [0, 0.05) is 12.6 Å². The third-order valence-electron chi connectivity index (χ3n) is 3.86. The summed E-state index contributed by atoms with van der Waals surface area (Å²) in [7, 11) is 0. The first-order valence-corrected chi connectivity index (χ1v) is 8.11. The number of hydrogen-bond donors (Lipinski definition) is 1. The molecule has 0 aliphatic carbocycles. The maximum Gasteiger partial charge on any atom is 0.122 e. The van der Waals surface area contributed by atoms with E-state index in [9.17, 15) is 5.11 Å². The molecule has 0 radical (unpaired) electrons. The summed E-state index contributed by atoms with van der Waals surface area (Å²) in [6, 6.07) is 12.1. The van der Waals surface area contributed by atoms with Gasteiger partial charge in [0.05, 0.1) is 6.54 Å². The molecular formula is C19H27NO3. The van der Waals surface area contributed by atoms with E-state index in [2.05, 4.69) is 18.7 Å². The Morgan fingerprint density at radius 3 is 2.48 bits per heavy atom. The van der Waals surface area contributed by atoms with Crippen molar-refractivity contribution in [3.63, 3.8) is 0 Å². The van der Waals surface area contributed by atoms with Crippen molar-refractivity contribution in [2.75, 3.05) is 13.2 Å². The highest BCUT2D eigenvalue weighted by Gasteiger charge is 2.17. The zero-order chi connectivity index (χ0) is 16.8. The van der Waals surface area contributed by atoms with Crippen LogP contribution >= 0.6 is 0 Å². The van der Waals surface area contributed by atoms with Gasteiger partial charge in [0.15, 0.2) is 0 Å². The second-order valence-corrected chi connectivity index (χ2v) is 6.27. The van der Waals surface area contributed by atoms with E-state index >= 15 is 0 Å². The van der Waals surface area contributed by atoms with E-state index in [4.69, 9.17) is 9.15 Å². The lowest BCUT2D eigenvalue weighted by Crippen LogP contribution is -2.39. The normalized spacial score (nSPS) is 12.8. The minimum atomic E-state index is -0.548. The van der Waals surface area contributed by atoms with Crippen molar-refractivity contribution in [1.29, 1.82) is 0 Å². The minimum absolute atomic E-state index is 0.283. The predicted molar refractivity (Wildman–Crippen MR) is 91.7 cm³/mol. The SMILES string of the molecule is Cc1ccc(CN(C[C@@H](O)COc2ccccc2C)C(C)C)o1. The Kier molecular flexibility index (Phi) is 6.25. The summed E-state index contributed by atoms with van der Waals surface area (Å²) in [4.78, 5) is 2.18. The van der Waals surface area contributed by atoms with Crippen LogP contribution in [-0.4, -0.2) is 35.3 Å². The minimum Gasteiger partial charge on any atom is -0.491 e. The fraction of sp³-hybridized carbons (Fsp3) is 0.474. The number of benzene rings is 1. The lowest BCUT2D eigenvalue weighted by molar-refractivity contribution is 0.0513. The quantitative estimate of drug-likeness (QED) is 0.809. The van der Waals surface area contributed by atoms with Gasteiger partial charge in [0.1, 0.15) is 30.0 Å². The van der Waals surface area contributed by atoms with E-state index in [-0.39, 0.29) is 6.61 Å². The van der Waals surface area contributed by atoms with E-state index in [1.165, 1.54) is 0 Å². The van der Waals surface area contributed by atoms with Gasteiger partial charge in [0.2, 0.25) is 0 Å². The highest BCUT2D eigenvalue weighted by Crippen LogP contribution is 2.17. The van der Waals surface area contributed by atoms with Gasteiger partial charge in [-0.3, -0.25) is 4.90 Å². The molecule has 0 amide bonds. The molecule has 1 aromatic carbocycles. The first-order valence-electron chi connectivity index (χ1n) is 8.11. The monoisotopic (exact) mass is 317 g/mol. The summed E-state index contributed by atoms with van der Waals surface area (Å²) in [5.74, 6) is 2.65. The van der Waals surface area contributed by atoms with Crippen molar-refractivity contribution in [1.82, 2.24) is 4.90 Å². The van der Waals surface area contributed by atoms with Crippen molar-refractivity contribution in [3.8, 4) is 5.75 Å². The Morgan fingerprint density at radius 1 is 1.13 bits per heavy atom. The number of aliphatic hydroxyl groups excluding tert-OH is 1. The number of hydrogen-bond acceptors (Lipinski definition) is 4. The smallest absolute Gasteiger partial charge is 0.122 e. The summed E-state index contributed by atoms with van der Waals surface area (Å²) in [6.45, 7) is 9.69. The zero-order valence-corrected chi connectivity index (χ0v) is 14.5. The molecule has 0 spiro atoms. The fourth-order valence-electron chi connectivity index (χ4n) is 2.46. The average molecular weight is 317 g/mol. The van der Waals surface area contributed by atoms with Gasteiger partial charge in [0.25, 0.3) is 0 Å². The van der Waals surface area contributed by atoms with E-state index in [0.717, 1.165) is 22.8 Å². The Bertz CT molecular complexity index is 606. The molecule has 0 bridgehead atoms. The summed E-state index contributed by atoms with van der Waals surface area (Å²) in [5, 5.41) is 10.3. The van der Waals surface area contributed by atoms with Crippen LogP contribution in [0.5, 0.6) is 5.75 Å². The fourth-order valence-corrected chi connectivity index (χ4v) is 2.46. The molecule has 1 heterocycles. The molecule has 0 unspecified atom stereocenters. The van der Waals surface area contributed by atoms with Crippen LogP contribution in [-0.2, 0) is 6.54 Å². The van der Waals surface area contributed by atoms with Gasteiger partial charge >= 0.3 is 0 Å². The second kappa shape index (κ2) is 8.18. The van der Waals surface area contributed by atoms with Crippen LogP contribution < -0.4 is 4.74 Å². The van der Waals surface area contributed by atoms with Gasteiger partial charge < -0.3 is 14.3 Å². The Hall–Kier alpha value is -1.78. The van der Waals surface area contributed by atoms with Crippen molar-refractivity contribution in [2.45, 2.75) is 46.4 Å². The Morgan fingerprint density at radius 2 is 1.87 bits per heavy atom. The van der Waals surface area contributed by atoms with Gasteiger partial charge in [-0.25, -0.2) is 0 Å². The van der Waals surface area contributed by atoms with Gasteiger partial charge in [-0.2, -0.15) is 0 Å². The van der Waals surface area contributed by atoms with Gasteiger partial charge in [-0.05, 0) is 51.5 Å². The molecule has 0 saturated carbocycles. The van der Waals surface area contributed by atoms with Crippen molar-refractivity contribution in [3.05, 3.63) is 53.5 Å². The Labute approximate surface area is 138 Å². The maximum absolute atomic E-state index is 10.3. The van der Waals surface area contributed by atoms with Crippen LogP contribution in [0.25, 0.3) is 0 Å². The van der Waals surface area contributed by atoms with Gasteiger partial charge in [-0.15, -0.1) is 0 Å². The molecule has 1 atom stereocenters. The molecule has 126 valence electrons. The molecule has 0 fully saturated rings. The summed E-state index contributed by atoms with van der Waals surface area (Å²) in [5.41, 5.74) is 1.08. The average Bonchev–Trinajstić information content (AvgIpc) is 2.91. The predicted octanol–water partition coefficient (Wildman–Crippen LogP) is 3.55. The number of ether oxygens (including phenoxy) is 1. The summed E-state index contributed by atoms with van der Waals surface area (Å²) < 4.78 is 11.4. The number of aryl methyl sites for hydroxylation is 2. The first kappa shape index (κ1) is 17.6. The van der Waals surface area contributed by atoms with E-state index < -0.39 is 6.10 Å². The molecule has 1 N–H and O–H groups in total. The first-order chi connectivity index (χ1) is 11.0. The van der Waals surface area contributed by atoms with Crippen molar-refractivity contribution < 1.29 is 14.3 Å². The highest BCUT2D eigenvalue weighted by molar-refractivity contribution is 5.31. The number of rotatable bonds is 8. The number of aliphatic hydroxyl groups is 1. The Balaban J connectivity index is 1.87. The summed E-state index contributed by atoms with van der Waals surface area (Å²) >= 11 is 0. The molecule has 4 nitrogen and oxygen atoms in total. The van der Waals surface area contributed by atoms with Crippen LogP contribution in [0.3, 0.4) is 0 Å². The second-order valence-electron chi connectivity index (χ2n) is 6.27. The standard InChI is InChI=1S/C19H27NO3/c1-14(2)20(12-18-10-9-16(4)23-18)11-17(21)13-22-19-8-6-5-7-15(19)3/h5-10,14,17,21H,11-13H2,1-4H3/t17-/m1/s1. The van der Waals surface area contributed by atoms with E-state index in [0.29, 0.717) is 19.1 Å². The lowest BCUT2D eigenvalue weighted by Gasteiger charge is -2.28. The van der Waals surface area contributed by atoms with Crippen LogP contribution in [0.2, 0.25) is 0 Å². The zero-order valence-electron chi connectivity index (χ0n) is 14.5. The number of para-hydroxylation sites is 1.